The molecule has 2 rings (SSSR count). The predicted octanol–water partition coefficient (Wildman–Crippen LogP) is 1.11. The molecule has 1 fully saturated rings. The van der Waals surface area contributed by atoms with E-state index in [1.165, 1.54) is 0 Å². The summed E-state index contributed by atoms with van der Waals surface area (Å²) in [6.45, 7) is 6.45. The molecule has 6 heteroatoms. The van der Waals surface area contributed by atoms with E-state index in [4.69, 9.17) is 0 Å². The Hall–Kier alpha value is -2.37. The van der Waals surface area contributed by atoms with E-state index in [0.29, 0.717) is 32.7 Å². The van der Waals surface area contributed by atoms with Gasteiger partial charge in [-0.05, 0) is 19.4 Å². The van der Waals surface area contributed by atoms with Gasteiger partial charge in [-0.25, -0.2) is 0 Å². The summed E-state index contributed by atoms with van der Waals surface area (Å²) in [6, 6.07) is 9.79. The van der Waals surface area contributed by atoms with E-state index in [2.05, 4.69) is 0 Å². The molecule has 24 heavy (non-hydrogen) atoms. The molecule has 1 saturated heterocycles. The summed E-state index contributed by atoms with van der Waals surface area (Å²) in [5.41, 5.74) is 1.05. The molecule has 0 unspecified atom stereocenters. The van der Waals surface area contributed by atoms with Gasteiger partial charge in [0.25, 0.3) is 0 Å². The van der Waals surface area contributed by atoms with Gasteiger partial charge in [0.05, 0.1) is 0 Å². The lowest BCUT2D eigenvalue weighted by atomic mass is 10.1. The summed E-state index contributed by atoms with van der Waals surface area (Å²) in [5.74, 6) is -0.319. The molecule has 0 saturated carbocycles. The summed E-state index contributed by atoms with van der Waals surface area (Å²) in [6.07, 6.45) is 0.680. The molecule has 0 bridgehead atoms. The second-order valence-corrected chi connectivity index (χ2v) is 6.30. The maximum atomic E-state index is 12.6. The van der Waals surface area contributed by atoms with Crippen molar-refractivity contribution in [3.63, 3.8) is 0 Å². The Balaban J connectivity index is 1.93. The SMILES string of the molecule is CC(C)N(Cc1ccccc1)C(=O)CC(=O)N1CCN(C=O)CC1. The van der Waals surface area contributed by atoms with Crippen LogP contribution in [0.5, 0.6) is 0 Å². The molecule has 1 heterocycles. The van der Waals surface area contributed by atoms with Crippen LogP contribution in [0.2, 0.25) is 0 Å². The summed E-state index contributed by atoms with van der Waals surface area (Å²) in [7, 11) is 0. The lowest BCUT2D eigenvalue weighted by Crippen LogP contribution is -2.49. The third-order valence-corrected chi connectivity index (χ3v) is 4.26. The van der Waals surface area contributed by atoms with Gasteiger partial charge in [0.1, 0.15) is 6.42 Å². The first-order valence-electron chi connectivity index (χ1n) is 8.31. The van der Waals surface area contributed by atoms with Crippen molar-refractivity contribution in [2.24, 2.45) is 0 Å². The van der Waals surface area contributed by atoms with E-state index in [1.807, 2.05) is 44.2 Å². The van der Waals surface area contributed by atoms with Crippen molar-refractivity contribution in [2.45, 2.75) is 32.9 Å². The largest absolute Gasteiger partial charge is 0.342 e. The van der Waals surface area contributed by atoms with Crippen LogP contribution in [-0.4, -0.2) is 65.1 Å². The van der Waals surface area contributed by atoms with Crippen LogP contribution < -0.4 is 0 Å². The summed E-state index contributed by atoms with van der Waals surface area (Å²) in [5, 5.41) is 0. The van der Waals surface area contributed by atoms with Gasteiger partial charge in [0, 0.05) is 38.8 Å². The highest BCUT2D eigenvalue weighted by Crippen LogP contribution is 2.11. The van der Waals surface area contributed by atoms with E-state index in [1.54, 1.807) is 14.7 Å². The molecule has 0 radical (unpaired) electrons. The number of rotatable bonds is 6. The number of amides is 3. The van der Waals surface area contributed by atoms with Gasteiger partial charge < -0.3 is 14.7 Å². The Morgan fingerprint density at radius 2 is 1.75 bits per heavy atom. The average Bonchev–Trinajstić information content (AvgIpc) is 2.60. The van der Waals surface area contributed by atoms with Gasteiger partial charge >= 0.3 is 0 Å². The standard InChI is InChI=1S/C18H25N3O3/c1-15(2)21(13-16-6-4-3-5-7-16)18(24)12-17(23)20-10-8-19(14-22)9-11-20/h3-7,14-15H,8-13H2,1-2H3. The first-order chi connectivity index (χ1) is 11.5. The molecule has 130 valence electrons. The molecule has 1 aromatic carbocycles. The zero-order valence-electron chi connectivity index (χ0n) is 14.4. The smallest absolute Gasteiger partial charge is 0.232 e. The van der Waals surface area contributed by atoms with Gasteiger partial charge in [-0.3, -0.25) is 14.4 Å². The van der Waals surface area contributed by atoms with E-state index in [0.717, 1.165) is 12.0 Å². The molecular formula is C18H25N3O3. The van der Waals surface area contributed by atoms with E-state index in [-0.39, 0.29) is 24.3 Å². The van der Waals surface area contributed by atoms with Gasteiger partial charge in [0.15, 0.2) is 0 Å². The van der Waals surface area contributed by atoms with Crippen LogP contribution in [0.15, 0.2) is 30.3 Å². The molecule has 0 atom stereocenters. The maximum absolute atomic E-state index is 12.6. The van der Waals surface area contributed by atoms with Crippen LogP contribution in [-0.2, 0) is 20.9 Å². The summed E-state index contributed by atoms with van der Waals surface area (Å²) < 4.78 is 0. The number of carbonyl (C=O) groups is 3. The molecule has 0 aromatic heterocycles. The topological polar surface area (TPSA) is 60.9 Å². The minimum absolute atomic E-state index is 0.0254. The van der Waals surface area contributed by atoms with Crippen molar-refractivity contribution < 1.29 is 14.4 Å². The lowest BCUT2D eigenvalue weighted by molar-refractivity contribution is -0.143. The summed E-state index contributed by atoms with van der Waals surface area (Å²) in [4.78, 5) is 40.7. The lowest BCUT2D eigenvalue weighted by Gasteiger charge is -2.33. The van der Waals surface area contributed by atoms with Crippen LogP contribution in [0.3, 0.4) is 0 Å². The second kappa shape index (κ2) is 8.47. The molecule has 3 amide bonds. The summed E-state index contributed by atoms with van der Waals surface area (Å²) >= 11 is 0. The highest BCUT2D eigenvalue weighted by molar-refractivity contribution is 5.97. The maximum Gasteiger partial charge on any atom is 0.232 e. The molecule has 1 aliphatic rings. The Bertz CT molecular complexity index is 566. The Labute approximate surface area is 143 Å². The van der Waals surface area contributed by atoms with Crippen molar-refractivity contribution in [3.05, 3.63) is 35.9 Å². The Kier molecular flexibility index (Phi) is 6.35. The van der Waals surface area contributed by atoms with Crippen LogP contribution >= 0.6 is 0 Å². The second-order valence-electron chi connectivity index (χ2n) is 6.30. The zero-order chi connectivity index (χ0) is 17.5. The Morgan fingerprint density at radius 1 is 1.12 bits per heavy atom. The highest BCUT2D eigenvalue weighted by Gasteiger charge is 2.25. The number of hydrogen-bond acceptors (Lipinski definition) is 3. The molecule has 0 N–H and O–H groups in total. The Morgan fingerprint density at radius 3 is 2.29 bits per heavy atom. The minimum Gasteiger partial charge on any atom is -0.342 e. The van der Waals surface area contributed by atoms with Crippen LogP contribution in [0, 0.1) is 0 Å². The quantitative estimate of drug-likeness (QED) is 0.580. The fourth-order valence-electron chi connectivity index (χ4n) is 2.76. The number of carbonyl (C=O) groups excluding carboxylic acids is 3. The number of piperazine rings is 1. The molecule has 1 aliphatic heterocycles. The van der Waals surface area contributed by atoms with Crippen LogP contribution in [0.4, 0.5) is 0 Å². The zero-order valence-corrected chi connectivity index (χ0v) is 14.4. The van der Waals surface area contributed by atoms with Gasteiger partial charge in [0.2, 0.25) is 18.2 Å². The predicted molar refractivity (Wildman–Crippen MR) is 91.0 cm³/mol. The van der Waals surface area contributed by atoms with E-state index < -0.39 is 0 Å². The van der Waals surface area contributed by atoms with Gasteiger partial charge in [-0.1, -0.05) is 30.3 Å². The van der Waals surface area contributed by atoms with Crippen molar-refractivity contribution >= 4 is 18.2 Å². The van der Waals surface area contributed by atoms with Gasteiger partial charge in [-0.2, -0.15) is 0 Å². The fraction of sp³-hybridized carbons (Fsp3) is 0.500. The van der Waals surface area contributed by atoms with Gasteiger partial charge in [-0.15, -0.1) is 0 Å². The van der Waals surface area contributed by atoms with Crippen molar-refractivity contribution in [1.82, 2.24) is 14.7 Å². The van der Waals surface area contributed by atoms with E-state index >= 15 is 0 Å². The number of hydrogen-bond donors (Lipinski definition) is 0. The van der Waals surface area contributed by atoms with E-state index in [9.17, 15) is 14.4 Å². The number of nitrogens with zero attached hydrogens (tertiary/aromatic N) is 3. The van der Waals surface area contributed by atoms with Crippen molar-refractivity contribution in [3.8, 4) is 0 Å². The first kappa shape index (κ1) is 18.0. The minimum atomic E-state index is -0.163. The average molecular weight is 331 g/mol. The van der Waals surface area contributed by atoms with Crippen LogP contribution in [0.25, 0.3) is 0 Å². The third kappa shape index (κ3) is 4.81. The first-order valence-corrected chi connectivity index (χ1v) is 8.31. The molecular weight excluding hydrogens is 306 g/mol. The van der Waals surface area contributed by atoms with Crippen LogP contribution in [0.1, 0.15) is 25.8 Å². The van der Waals surface area contributed by atoms with Crippen molar-refractivity contribution in [2.75, 3.05) is 26.2 Å². The molecule has 0 aliphatic carbocycles. The monoisotopic (exact) mass is 331 g/mol. The third-order valence-electron chi connectivity index (χ3n) is 4.26. The number of benzene rings is 1. The fourth-order valence-corrected chi connectivity index (χ4v) is 2.76. The normalized spacial score (nSPS) is 14.6. The molecule has 1 aromatic rings. The molecule has 0 spiro atoms. The highest BCUT2D eigenvalue weighted by atomic mass is 16.2. The molecule has 6 nitrogen and oxygen atoms in total. The van der Waals surface area contributed by atoms with Crippen molar-refractivity contribution in [1.29, 1.82) is 0 Å².